The van der Waals surface area contributed by atoms with Gasteiger partial charge in [-0.15, -0.1) is 0 Å². The molecular formula is C16H24N2O2. The van der Waals surface area contributed by atoms with E-state index in [0.29, 0.717) is 11.6 Å². The number of para-hydroxylation sites is 1. The lowest BCUT2D eigenvalue weighted by molar-refractivity contribution is 0.0692. The predicted molar refractivity (Wildman–Crippen MR) is 80.1 cm³/mol. The van der Waals surface area contributed by atoms with Crippen molar-refractivity contribution in [1.82, 2.24) is 10.2 Å². The van der Waals surface area contributed by atoms with Crippen LogP contribution in [0.2, 0.25) is 0 Å². The first-order valence-electron chi connectivity index (χ1n) is 7.44. The quantitative estimate of drug-likeness (QED) is 0.887. The summed E-state index contributed by atoms with van der Waals surface area (Å²) in [4.78, 5) is 14.4. The van der Waals surface area contributed by atoms with Gasteiger partial charge in [0.2, 0.25) is 0 Å². The van der Waals surface area contributed by atoms with E-state index >= 15 is 0 Å². The number of carbonyl (C=O) groups excluding carboxylic acids is 1. The summed E-state index contributed by atoms with van der Waals surface area (Å²) in [6.45, 7) is 6.45. The van der Waals surface area contributed by atoms with Gasteiger partial charge in [-0.3, -0.25) is 4.79 Å². The second kappa shape index (κ2) is 6.75. The fourth-order valence-electron chi connectivity index (χ4n) is 2.68. The molecule has 1 unspecified atom stereocenters. The topological polar surface area (TPSA) is 52.6 Å². The van der Waals surface area contributed by atoms with Crippen LogP contribution in [0.5, 0.6) is 5.75 Å². The SMILES string of the molecule is CCCNC1CCCN(C(=O)c2cccc(C)c2O)C1. The molecule has 1 aromatic rings. The first-order valence-corrected chi connectivity index (χ1v) is 7.44. The first-order chi connectivity index (χ1) is 9.63. The number of carbonyl (C=O) groups is 1. The van der Waals surface area contributed by atoms with Gasteiger partial charge in [0, 0.05) is 19.1 Å². The van der Waals surface area contributed by atoms with Crippen molar-refractivity contribution in [3.63, 3.8) is 0 Å². The average Bonchev–Trinajstić information content (AvgIpc) is 2.47. The molecule has 0 saturated carbocycles. The molecule has 1 aromatic carbocycles. The van der Waals surface area contributed by atoms with Gasteiger partial charge in [0.15, 0.2) is 0 Å². The molecule has 1 aliphatic heterocycles. The molecule has 110 valence electrons. The number of piperidine rings is 1. The molecular weight excluding hydrogens is 252 g/mol. The highest BCUT2D eigenvalue weighted by atomic mass is 16.3. The summed E-state index contributed by atoms with van der Waals surface area (Å²) in [7, 11) is 0. The second-order valence-corrected chi connectivity index (χ2v) is 5.52. The molecule has 4 nitrogen and oxygen atoms in total. The second-order valence-electron chi connectivity index (χ2n) is 5.52. The fourth-order valence-corrected chi connectivity index (χ4v) is 2.68. The zero-order chi connectivity index (χ0) is 14.5. The third-order valence-electron chi connectivity index (χ3n) is 3.86. The molecule has 0 bridgehead atoms. The average molecular weight is 276 g/mol. The van der Waals surface area contributed by atoms with E-state index in [0.717, 1.165) is 44.5 Å². The van der Waals surface area contributed by atoms with Crippen molar-refractivity contribution in [2.75, 3.05) is 19.6 Å². The van der Waals surface area contributed by atoms with Crippen molar-refractivity contribution < 1.29 is 9.90 Å². The zero-order valence-corrected chi connectivity index (χ0v) is 12.4. The van der Waals surface area contributed by atoms with Crippen LogP contribution in [-0.2, 0) is 0 Å². The highest BCUT2D eigenvalue weighted by molar-refractivity contribution is 5.97. The largest absolute Gasteiger partial charge is 0.507 e. The molecule has 1 saturated heterocycles. The Labute approximate surface area is 120 Å². The van der Waals surface area contributed by atoms with E-state index < -0.39 is 0 Å². The van der Waals surface area contributed by atoms with Gasteiger partial charge in [-0.1, -0.05) is 19.1 Å². The van der Waals surface area contributed by atoms with E-state index in [-0.39, 0.29) is 11.7 Å². The lowest BCUT2D eigenvalue weighted by Gasteiger charge is -2.33. The summed E-state index contributed by atoms with van der Waals surface area (Å²) in [5.41, 5.74) is 1.16. The maximum Gasteiger partial charge on any atom is 0.257 e. The van der Waals surface area contributed by atoms with E-state index in [2.05, 4.69) is 12.2 Å². The van der Waals surface area contributed by atoms with Gasteiger partial charge in [0.05, 0.1) is 5.56 Å². The third kappa shape index (κ3) is 3.31. The van der Waals surface area contributed by atoms with Gasteiger partial charge in [0.1, 0.15) is 5.75 Å². The monoisotopic (exact) mass is 276 g/mol. The number of aryl methyl sites for hydroxylation is 1. The Morgan fingerprint density at radius 2 is 2.30 bits per heavy atom. The van der Waals surface area contributed by atoms with Gasteiger partial charge in [-0.25, -0.2) is 0 Å². The Bertz CT molecular complexity index is 474. The smallest absolute Gasteiger partial charge is 0.257 e. The number of likely N-dealkylation sites (tertiary alicyclic amines) is 1. The maximum absolute atomic E-state index is 12.5. The first kappa shape index (κ1) is 14.9. The molecule has 1 aliphatic rings. The van der Waals surface area contributed by atoms with Crippen LogP contribution in [0, 0.1) is 6.92 Å². The maximum atomic E-state index is 12.5. The molecule has 2 N–H and O–H groups in total. The minimum atomic E-state index is -0.0609. The number of aromatic hydroxyl groups is 1. The van der Waals surface area contributed by atoms with Crippen molar-refractivity contribution in [3.8, 4) is 5.75 Å². The van der Waals surface area contributed by atoms with Crippen LogP contribution in [0.15, 0.2) is 18.2 Å². The minimum absolute atomic E-state index is 0.0609. The van der Waals surface area contributed by atoms with Crippen molar-refractivity contribution >= 4 is 5.91 Å². The Kier molecular flexibility index (Phi) is 5.01. The molecule has 2 rings (SSSR count). The Balaban J connectivity index is 2.06. The highest BCUT2D eigenvalue weighted by Gasteiger charge is 2.25. The fraction of sp³-hybridized carbons (Fsp3) is 0.562. The lowest BCUT2D eigenvalue weighted by atomic mass is 10.0. The normalized spacial score (nSPS) is 19.1. The van der Waals surface area contributed by atoms with E-state index in [4.69, 9.17) is 0 Å². The van der Waals surface area contributed by atoms with Crippen LogP contribution in [0.25, 0.3) is 0 Å². The summed E-state index contributed by atoms with van der Waals surface area (Å²) in [6, 6.07) is 5.71. The minimum Gasteiger partial charge on any atom is -0.507 e. The van der Waals surface area contributed by atoms with Crippen LogP contribution < -0.4 is 5.32 Å². The van der Waals surface area contributed by atoms with E-state index in [1.54, 1.807) is 6.07 Å². The molecule has 4 heteroatoms. The van der Waals surface area contributed by atoms with Crippen LogP contribution in [0.1, 0.15) is 42.1 Å². The van der Waals surface area contributed by atoms with Gasteiger partial charge < -0.3 is 15.3 Å². The number of rotatable bonds is 4. The van der Waals surface area contributed by atoms with Crippen molar-refractivity contribution in [2.45, 2.75) is 39.2 Å². The number of hydrogen-bond acceptors (Lipinski definition) is 3. The number of phenolic OH excluding ortho intramolecular Hbond substituents is 1. The van der Waals surface area contributed by atoms with Crippen molar-refractivity contribution in [2.24, 2.45) is 0 Å². The summed E-state index contributed by atoms with van der Waals surface area (Å²) >= 11 is 0. The molecule has 0 aromatic heterocycles. The lowest BCUT2D eigenvalue weighted by Crippen LogP contribution is -2.48. The number of nitrogens with one attached hydrogen (secondary N) is 1. The molecule has 20 heavy (non-hydrogen) atoms. The number of phenols is 1. The highest BCUT2D eigenvalue weighted by Crippen LogP contribution is 2.24. The van der Waals surface area contributed by atoms with E-state index in [9.17, 15) is 9.90 Å². The Morgan fingerprint density at radius 1 is 1.50 bits per heavy atom. The number of benzene rings is 1. The van der Waals surface area contributed by atoms with Crippen LogP contribution >= 0.6 is 0 Å². The van der Waals surface area contributed by atoms with Gasteiger partial charge in [-0.2, -0.15) is 0 Å². The van der Waals surface area contributed by atoms with Gasteiger partial charge in [-0.05, 0) is 44.4 Å². The molecule has 1 amide bonds. The Hall–Kier alpha value is -1.55. The third-order valence-corrected chi connectivity index (χ3v) is 3.86. The van der Waals surface area contributed by atoms with Crippen molar-refractivity contribution in [1.29, 1.82) is 0 Å². The summed E-state index contributed by atoms with van der Waals surface area (Å²) < 4.78 is 0. The van der Waals surface area contributed by atoms with Crippen LogP contribution in [-0.4, -0.2) is 41.6 Å². The number of nitrogens with zero attached hydrogens (tertiary/aromatic N) is 1. The number of hydrogen-bond donors (Lipinski definition) is 2. The van der Waals surface area contributed by atoms with E-state index in [1.165, 1.54) is 0 Å². The standard InChI is InChI=1S/C16H24N2O2/c1-3-9-17-13-7-5-10-18(11-13)16(20)14-8-4-6-12(2)15(14)19/h4,6,8,13,17,19H,3,5,7,9-11H2,1-2H3. The zero-order valence-electron chi connectivity index (χ0n) is 12.4. The van der Waals surface area contributed by atoms with Crippen molar-refractivity contribution in [3.05, 3.63) is 29.3 Å². The van der Waals surface area contributed by atoms with Gasteiger partial charge in [0.25, 0.3) is 5.91 Å². The summed E-state index contributed by atoms with van der Waals surface area (Å²) in [5, 5.41) is 13.5. The summed E-state index contributed by atoms with van der Waals surface area (Å²) in [5.74, 6) is 0.0512. The van der Waals surface area contributed by atoms with Crippen LogP contribution in [0.3, 0.4) is 0 Å². The summed E-state index contributed by atoms with van der Waals surface area (Å²) in [6.07, 6.45) is 3.23. The molecule has 0 radical (unpaired) electrons. The molecule has 0 spiro atoms. The molecule has 1 atom stereocenters. The van der Waals surface area contributed by atoms with Gasteiger partial charge >= 0.3 is 0 Å². The Morgan fingerprint density at radius 3 is 3.05 bits per heavy atom. The predicted octanol–water partition coefficient (Wildman–Crippen LogP) is 2.30. The number of amides is 1. The molecule has 1 fully saturated rings. The van der Waals surface area contributed by atoms with Crippen LogP contribution in [0.4, 0.5) is 0 Å². The molecule has 1 heterocycles. The van der Waals surface area contributed by atoms with E-state index in [1.807, 2.05) is 24.0 Å². The molecule has 0 aliphatic carbocycles.